The van der Waals surface area contributed by atoms with E-state index in [1.807, 2.05) is 6.26 Å². The molecule has 1 N–H and O–H groups in total. The monoisotopic (exact) mass is 340 g/mol. The van der Waals surface area contributed by atoms with Gasteiger partial charge in [-0.1, -0.05) is 29.9 Å². The molecule has 7 heteroatoms. The molecule has 1 unspecified atom stereocenters. The van der Waals surface area contributed by atoms with Gasteiger partial charge in [0.25, 0.3) is 5.24 Å². The van der Waals surface area contributed by atoms with Gasteiger partial charge in [-0.3, -0.25) is 4.79 Å². The van der Waals surface area contributed by atoms with E-state index in [0.717, 1.165) is 9.09 Å². The molecular formula is C11H10Cl2O2S3. The number of hydrogen-bond donors (Lipinski definition) is 1. The highest BCUT2D eigenvalue weighted by Gasteiger charge is 2.11. The van der Waals surface area contributed by atoms with Gasteiger partial charge in [-0.25, -0.2) is 0 Å². The van der Waals surface area contributed by atoms with Gasteiger partial charge in [0.15, 0.2) is 5.56 Å². The molecule has 18 heavy (non-hydrogen) atoms. The molecule has 0 aliphatic rings. The number of hydrogen-bond acceptors (Lipinski definition) is 5. The van der Waals surface area contributed by atoms with Crippen molar-refractivity contribution < 1.29 is 9.90 Å². The molecule has 0 aromatic heterocycles. The number of thioether (sulfide) groups is 2. The second-order valence-corrected chi connectivity index (χ2v) is 7.06. The molecule has 0 fully saturated rings. The minimum absolute atomic E-state index is 0.319. The van der Waals surface area contributed by atoms with Crippen LogP contribution in [0.15, 0.2) is 18.2 Å². The van der Waals surface area contributed by atoms with Crippen LogP contribution >= 0.6 is 58.9 Å². The summed E-state index contributed by atoms with van der Waals surface area (Å²) in [5.41, 5.74) is 0.461. The van der Waals surface area contributed by atoms with E-state index in [1.165, 1.54) is 29.6 Å². The van der Waals surface area contributed by atoms with Crippen LogP contribution in [0, 0.1) is 0 Å². The molecule has 0 saturated carbocycles. The average Bonchev–Trinajstić information content (AvgIpc) is 2.35. The minimum atomic E-state index is -1.16. The molecule has 2 nitrogen and oxygen atoms in total. The van der Waals surface area contributed by atoms with E-state index in [2.05, 4.69) is 0 Å². The molecule has 98 valence electrons. The third-order valence-corrected chi connectivity index (χ3v) is 5.26. The van der Waals surface area contributed by atoms with Crippen molar-refractivity contribution in [2.75, 3.05) is 6.26 Å². The van der Waals surface area contributed by atoms with Crippen LogP contribution in [0.1, 0.15) is 27.0 Å². The number of thiocarbonyl (C=S) groups is 1. The Morgan fingerprint density at radius 2 is 2.17 bits per heavy atom. The predicted molar refractivity (Wildman–Crippen MR) is 84.8 cm³/mol. The molecule has 1 aromatic rings. The van der Waals surface area contributed by atoms with E-state index < -0.39 is 10.8 Å². The maximum absolute atomic E-state index is 11.2. The first kappa shape index (κ1) is 16.3. The lowest BCUT2D eigenvalue weighted by molar-refractivity contribution is 0.108. The highest BCUT2D eigenvalue weighted by molar-refractivity contribution is 8.46. The highest BCUT2D eigenvalue weighted by Crippen LogP contribution is 2.25. The van der Waals surface area contributed by atoms with Crippen molar-refractivity contribution in [3.05, 3.63) is 34.9 Å². The largest absolute Gasteiger partial charge is 0.373 e. The lowest BCUT2D eigenvalue weighted by Crippen LogP contribution is -1.97. The SMILES string of the molecule is CSC(=S)SCc1cc(C(=O)Cl)cc(C(O)Cl)c1. The van der Waals surface area contributed by atoms with Crippen molar-refractivity contribution in [2.45, 2.75) is 11.3 Å². The van der Waals surface area contributed by atoms with Gasteiger partial charge in [0.05, 0.1) is 0 Å². The van der Waals surface area contributed by atoms with Crippen molar-refractivity contribution >= 4 is 67.7 Å². The molecular weight excluding hydrogens is 331 g/mol. The number of carbonyl (C=O) groups is 1. The Morgan fingerprint density at radius 3 is 2.67 bits per heavy atom. The van der Waals surface area contributed by atoms with Gasteiger partial charge in [0, 0.05) is 11.3 Å². The summed E-state index contributed by atoms with van der Waals surface area (Å²) in [6, 6.07) is 4.89. The van der Waals surface area contributed by atoms with Crippen LogP contribution in [-0.4, -0.2) is 20.1 Å². The van der Waals surface area contributed by atoms with Crippen molar-refractivity contribution in [3.63, 3.8) is 0 Å². The van der Waals surface area contributed by atoms with Gasteiger partial charge in [0.2, 0.25) is 0 Å². The zero-order valence-electron chi connectivity index (χ0n) is 9.35. The zero-order chi connectivity index (χ0) is 13.7. The Labute approximate surface area is 129 Å². The Morgan fingerprint density at radius 1 is 1.50 bits per heavy atom. The van der Waals surface area contributed by atoms with Crippen molar-refractivity contribution in [1.82, 2.24) is 0 Å². The van der Waals surface area contributed by atoms with Crippen LogP contribution in [0.25, 0.3) is 0 Å². The number of aliphatic hydroxyl groups excluding tert-OH is 1. The highest BCUT2D eigenvalue weighted by atomic mass is 35.5. The van der Waals surface area contributed by atoms with Crippen molar-refractivity contribution in [2.24, 2.45) is 0 Å². The van der Waals surface area contributed by atoms with Crippen LogP contribution in [0.2, 0.25) is 0 Å². The maximum atomic E-state index is 11.2. The number of carbonyl (C=O) groups excluding carboxylic acids is 1. The summed E-state index contributed by atoms with van der Waals surface area (Å²) < 4.78 is 0.811. The molecule has 0 radical (unpaired) electrons. The number of benzene rings is 1. The van der Waals surface area contributed by atoms with Gasteiger partial charge in [-0.05, 0) is 41.1 Å². The van der Waals surface area contributed by atoms with Gasteiger partial charge in [-0.2, -0.15) is 0 Å². The summed E-state index contributed by atoms with van der Waals surface area (Å²) in [7, 11) is 0. The number of halogens is 2. The predicted octanol–water partition coefficient (Wildman–Crippen LogP) is 4.18. The zero-order valence-corrected chi connectivity index (χ0v) is 13.3. The van der Waals surface area contributed by atoms with Gasteiger partial charge in [0.1, 0.15) is 3.53 Å². The van der Waals surface area contributed by atoms with Gasteiger partial charge < -0.3 is 5.11 Å². The molecule has 0 saturated heterocycles. The lowest BCUT2D eigenvalue weighted by Gasteiger charge is -2.08. The molecule has 0 heterocycles. The normalized spacial score (nSPS) is 12.2. The quantitative estimate of drug-likeness (QED) is 0.505. The first-order valence-electron chi connectivity index (χ1n) is 4.80. The summed E-state index contributed by atoms with van der Waals surface area (Å²) in [4.78, 5) is 11.2. The molecule has 1 aromatic carbocycles. The van der Waals surface area contributed by atoms with Crippen LogP contribution in [0.4, 0.5) is 0 Å². The molecule has 1 rings (SSSR count). The second kappa shape index (κ2) is 7.72. The van der Waals surface area contributed by atoms with Crippen LogP contribution in [-0.2, 0) is 5.75 Å². The Hall–Kier alpha value is 0.220. The van der Waals surface area contributed by atoms with E-state index in [4.69, 9.17) is 35.4 Å². The van der Waals surface area contributed by atoms with Crippen molar-refractivity contribution in [3.8, 4) is 0 Å². The molecule has 0 bridgehead atoms. The molecule has 0 aliphatic heterocycles. The minimum Gasteiger partial charge on any atom is -0.373 e. The molecule has 0 aliphatic carbocycles. The fourth-order valence-electron chi connectivity index (χ4n) is 1.25. The summed E-state index contributed by atoms with van der Waals surface area (Å²) in [6.07, 6.45) is 1.90. The average molecular weight is 341 g/mol. The first-order valence-corrected chi connectivity index (χ1v) is 8.24. The van der Waals surface area contributed by atoms with Crippen LogP contribution in [0.3, 0.4) is 0 Å². The fraction of sp³-hybridized carbons (Fsp3) is 0.273. The van der Waals surface area contributed by atoms with E-state index in [1.54, 1.807) is 12.1 Å². The lowest BCUT2D eigenvalue weighted by atomic mass is 10.1. The molecule has 1 atom stereocenters. The summed E-state index contributed by atoms with van der Waals surface area (Å²) in [6.45, 7) is 0. The fourth-order valence-corrected chi connectivity index (χ4v) is 2.77. The van der Waals surface area contributed by atoms with Crippen LogP contribution in [0.5, 0.6) is 0 Å². The number of rotatable bonds is 4. The smallest absolute Gasteiger partial charge is 0.252 e. The summed E-state index contributed by atoms with van der Waals surface area (Å²) in [5.74, 6) is 0.605. The topological polar surface area (TPSA) is 37.3 Å². The second-order valence-electron chi connectivity index (χ2n) is 3.32. The third kappa shape index (κ3) is 5.07. The summed E-state index contributed by atoms with van der Waals surface area (Å²) >= 11 is 19.1. The van der Waals surface area contributed by atoms with E-state index in [0.29, 0.717) is 16.9 Å². The van der Waals surface area contributed by atoms with Crippen molar-refractivity contribution in [1.29, 1.82) is 0 Å². The van der Waals surface area contributed by atoms with Crippen LogP contribution < -0.4 is 0 Å². The van der Waals surface area contributed by atoms with Gasteiger partial charge in [-0.15, -0.1) is 23.5 Å². The molecule has 0 spiro atoms. The van der Waals surface area contributed by atoms with E-state index in [9.17, 15) is 9.90 Å². The Balaban J connectivity index is 2.96. The van der Waals surface area contributed by atoms with Gasteiger partial charge >= 0.3 is 0 Å². The summed E-state index contributed by atoms with van der Waals surface area (Å²) in [5, 5.41) is 8.78. The van der Waals surface area contributed by atoms with E-state index >= 15 is 0 Å². The van der Waals surface area contributed by atoms with E-state index in [-0.39, 0.29) is 0 Å². The Bertz CT molecular complexity index is 464. The maximum Gasteiger partial charge on any atom is 0.252 e. The molecule has 0 amide bonds. The first-order chi connectivity index (χ1) is 8.43. The number of alkyl halides is 1. The standard InChI is InChI=1S/C11H10Cl2O2S3/c1-17-11(16)18-5-6-2-7(9(12)14)4-8(3-6)10(13)15/h2-4,9,14H,5H2,1H3. The third-order valence-electron chi connectivity index (χ3n) is 2.04. The Kier molecular flexibility index (Phi) is 6.98. The number of aliphatic hydroxyl groups is 1.